The molecule has 0 atom stereocenters. The molecule has 2 heteroatoms. The molecule has 40 heavy (non-hydrogen) atoms. The Morgan fingerprint density at radius 2 is 0.625 bits per heavy atom. The fraction of sp³-hybridized carbons (Fsp3) is 0.0526. The summed E-state index contributed by atoms with van der Waals surface area (Å²) in [6.07, 6.45) is 0. The lowest BCUT2D eigenvalue weighted by Crippen LogP contribution is -2.12. The molecule has 0 aliphatic heterocycles. The van der Waals surface area contributed by atoms with Gasteiger partial charge in [-0.2, -0.15) is 0 Å². The molecule has 194 valence electrons. The van der Waals surface area contributed by atoms with E-state index in [0.29, 0.717) is 0 Å². The molecule has 6 rings (SSSR count). The molecular weight excluding hydrogens is 484 g/mol. The average Bonchev–Trinajstić information content (AvgIpc) is 3.01. The maximum absolute atomic E-state index is 2.36. The Hall–Kier alpha value is -5.08. The molecule has 0 bridgehead atoms. The van der Waals surface area contributed by atoms with Crippen LogP contribution in [0, 0.1) is 13.8 Å². The second-order valence-electron chi connectivity index (χ2n) is 10.0. The van der Waals surface area contributed by atoms with Crippen molar-refractivity contribution in [1.82, 2.24) is 0 Å². The quantitative estimate of drug-likeness (QED) is 0.208. The lowest BCUT2D eigenvalue weighted by molar-refractivity contribution is 1.23. The number of nitrogens with zero attached hydrogens (tertiary/aromatic N) is 2. The second kappa shape index (κ2) is 11.3. The fourth-order valence-corrected chi connectivity index (χ4v) is 5.24. The lowest BCUT2D eigenvalue weighted by atomic mass is 10.0. The third-order valence-corrected chi connectivity index (χ3v) is 7.33. The van der Waals surface area contributed by atoms with E-state index in [4.69, 9.17) is 0 Å². The van der Waals surface area contributed by atoms with Gasteiger partial charge in [-0.25, -0.2) is 0 Å². The van der Waals surface area contributed by atoms with E-state index in [2.05, 4.69) is 181 Å². The summed E-state index contributed by atoms with van der Waals surface area (Å²) in [6.45, 7) is 4.34. The van der Waals surface area contributed by atoms with Crippen LogP contribution in [0.15, 0.2) is 158 Å². The molecule has 0 unspecified atom stereocenters. The van der Waals surface area contributed by atoms with Gasteiger partial charge in [0.2, 0.25) is 0 Å². The minimum atomic E-state index is 1.13. The van der Waals surface area contributed by atoms with Gasteiger partial charge in [-0.1, -0.05) is 97.1 Å². The summed E-state index contributed by atoms with van der Waals surface area (Å²) in [5.74, 6) is 0. The van der Waals surface area contributed by atoms with E-state index in [0.717, 1.165) is 22.7 Å². The number of hydrogen-bond acceptors (Lipinski definition) is 2. The van der Waals surface area contributed by atoms with Crippen LogP contribution in [0.4, 0.5) is 34.1 Å². The van der Waals surface area contributed by atoms with E-state index >= 15 is 0 Å². The smallest absolute Gasteiger partial charge is 0.0490 e. The van der Waals surface area contributed by atoms with Gasteiger partial charge in [0.05, 0.1) is 0 Å². The third-order valence-electron chi connectivity index (χ3n) is 7.33. The van der Waals surface area contributed by atoms with Crippen molar-refractivity contribution in [1.29, 1.82) is 0 Å². The Bertz CT molecular complexity index is 1600. The zero-order valence-corrected chi connectivity index (χ0v) is 22.9. The zero-order valence-electron chi connectivity index (χ0n) is 22.9. The zero-order chi connectivity index (χ0) is 27.3. The van der Waals surface area contributed by atoms with E-state index in [-0.39, 0.29) is 0 Å². The van der Waals surface area contributed by atoms with Gasteiger partial charge in [-0.3, -0.25) is 0 Å². The Morgan fingerprint density at radius 3 is 1.02 bits per heavy atom. The molecule has 6 aromatic carbocycles. The van der Waals surface area contributed by atoms with Crippen LogP contribution >= 0.6 is 0 Å². The van der Waals surface area contributed by atoms with Crippen molar-refractivity contribution in [3.8, 4) is 11.1 Å². The summed E-state index contributed by atoms with van der Waals surface area (Å²) >= 11 is 0. The minimum absolute atomic E-state index is 1.13. The monoisotopic (exact) mass is 516 g/mol. The number of hydrogen-bond donors (Lipinski definition) is 0. The van der Waals surface area contributed by atoms with Crippen LogP contribution in [-0.4, -0.2) is 0 Å². The van der Waals surface area contributed by atoms with Crippen molar-refractivity contribution in [3.63, 3.8) is 0 Å². The van der Waals surface area contributed by atoms with Crippen LogP contribution in [0.1, 0.15) is 11.1 Å². The predicted octanol–water partition coefficient (Wildman–Crippen LogP) is 10.9. The van der Waals surface area contributed by atoms with Gasteiger partial charge in [0.25, 0.3) is 0 Å². The second-order valence-corrected chi connectivity index (χ2v) is 10.0. The van der Waals surface area contributed by atoms with Crippen molar-refractivity contribution < 1.29 is 0 Å². The van der Waals surface area contributed by atoms with Crippen LogP contribution in [0.2, 0.25) is 0 Å². The molecule has 0 aliphatic carbocycles. The van der Waals surface area contributed by atoms with Crippen molar-refractivity contribution in [2.45, 2.75) is 13.8 Å². The van der Waals surface area contributed by atoms with Gasteiger partial charge in [0, 0.05) is 34.1 Å². The Balaban J connectivity index is 1.33. The molecule has 0 radical (unpaired) electrons. The molecule has 0 heterocycles. The highest BCUT2D eigenvalue weighted by molar-refractivity contribution is 5.82. The first kappa shape index (κ1) is 25.2. The number of benzene rings is 6. The number of rotatable bonds is 7. The summed E-state index contributed by atoms with van der Waals surface area (Å²) in [5, 5.41) is 0. The minimum Gasteiger partial charge on any atom is -0.311 e. The third kappa shape index (κ3) is 5.12. The first-order chi connectivity index (χ1) is 19.7. The highest BCUT2D eigenvalue weighted by Gasteiger charge is 2.16. The molecule has 0 aromatic heterocycles. The molecule has 0 N–H and O–H groups in total. The molecule has 0 saturated carbocycles. The number of anilines is 6. The topological polar surface area (TPSA) is 6.48 Å². The van der Waals surface area contributed by atoms with E-state index in [1.54, 1.807) is 0 Å². The molecule has 0 aliphatic rings. The van der Waals surface area contributed by atoms with Crippen molar-refractivity contribution in [3.05, 3.63) is 169 Å². The normalized spacial score (nSPS) is 10.8. The van der Waals surface area contributed by atoms with Crippen LogP contribution in [0.25, 0.3) is 11.1 Å². The van der Waals surface area contributed by atoms with Crippen molar-refractivity contribution in [2.24, 2.45) is 0 Å². The maximum Gasteiger partial charge on any atom is 0.0490 e. The Labute approximate surface area is 237 Å². The molecular formula is C38H32N2. The summed E-state index contributed by atoms with van der Waals surface area (Å²) in [7, 11) is 0. The number of aryl methyl sites for hydroxylation is 2. The highest BCUT2D eigenvalue weighted by atomic mass is 15.1. The van der Waals surface area contributed by atoms with Gasteiger partial charge < -0.3 is 9.80 Å². The van der Waals surface area contributed by atoms with Gasteiger partial charge >= 0.3 is 0 Å². The molecule has 0 amide bonds. The standard InChI is InChI=1S/C38H32N2/c1-29-13-9-11-19-37(29)40(38-20-12-10-14-30(38)2)36-27-23-32(24-28-36)31-21-25-35(26-22-31)39(33-15-5-3-6-16-33)34-17-7-4-8-18-34/h3-28H,1-2H3. The molecule has 0 spiro atoms. The van der Waals surface area contributed by atoms with Crippen LogP contribution < -0.4 is 9.80 Å². The van der Waals surface area contributed by atoms with Crippen LogP contribution in [0.3, 0.4) is 0 Å². The lowest BCUT2D eigenvalue weighted by Gasteiger charge is -2.28. The Kier molecular flexibility index (Phi) is 7.15. The maximum atomic E-state index is 2.36. The fourth-order valence-electron chi connectivity index (χ4n) is 5.24. The van der Waals surface area contributed by atoms with Crippen LogP contribution in [0.5, 0.6) is 0 Å². The highest BCUT2D eigenvalue weighted by Crippen LogP contribution is 2.39. The molecule has 0 fully saturated rings. The van der Waals surface area contributed by atoms with Gasteiger partial charge in [-0.05, 0) is 96.8 Å². The van der Waals surface area contributed by atoms with E-state index in [9.17, 15) is 0 Å². The van der Waals surface area contributed by atoms with Crippen molar-refractivity contribution >= 4 is 34.1 Å². The average molecular weight is 517 g/mol. The first-order valence-corrected chi connectivity index (χ1v) is 13.7. The summed E-state index contributed by atoms with van der Waals surface area (Å²) in [6, 6.07) is 55.9. The predicted molar refractivity (Wildman–Crippen MR) is 171 cm³/mol. The van der Waals surface area contributed by atoms with Gasteiger partial charge in [0.15, 0.2) is 0 Å². The van der Waals surface area contributed by atoms with Crippen molar-refractivity contribution in [2.75, 3.05) is 9.80 Å². The van der Waals surface area contributed by atoms with Gasteiger partial charge in [0.1, 0.15) is 0 Å². The number of para-hydroxylation sites is 4. The summed E-state index contributed by atoms with van der Waals surface area (Å²) in [5.41, 5.74) is 11.8. The van der Waals surface area contributed by atoms with E-state index < -0.39 is 0 Å². The van der Waals surface area contributed by atoms with E-state index in [1.807, 2.05) is 0 Å². The largest absolute Gasteiger partial charge is 0.311 e. The molecule has 6 aromatic rings. The molecule has 0 saturated heterocycles. The van der Waals surface area contributed by atoms with Gasteiger partial charge in [-0.15, -0.1) is 0 Å². The molecule has 2 nitrogen and oxygen atoms in total. The SMILES string of the molecule is Cc1ccccc1N(c1ccc(-c2ccc(N(c3ccccc3)c3ccccc3)cc2)cc1)c1ccccc1C. The summed E-state index contributed by atoms with van der Waals surface area (Å²) in [4.78, 5) is 4.64. The summed E-state index contributed by atoms with van der Waals surface area (Å²) < 4.78 is 0. The first-order valence-electron chi connectivity index (χ1n) is 13.7. The van der Waals surface area contributed by atoms with E-state index in [1.165, 1.54) is 33.6 Å². The van der Waals surface area contributed by atoms with Crippen LogP contribution in [-0.2, 0) is 0 Å². The Morgan fingerprint density at radius 1 is 0.300 bits per heavy atom.